The highest BCUT2D eigenvalue weighted by Crippen LogP contribution is 2.36. The van der Waals surface area contributed by atoms with Crippen LogP contribution in [0.4, 0.5) is 11.8 Å². The van der Waals surface area contributed by atoms with Crippen LogP contribution in [-0.4, -0.2) is 60.0 Å². The molecule has 3 aliphatic rings. The Morgan fingerprint density at radius 1 is 1.14 bits per heavy atom. The summed E-state index contributed by atoms with van der Waals surface area (Å²) < 4.78 is 24.9. The Kier molecular flexibility index (Phi) is 5.30. The highest BCUT2D eigenvalue weighted by atomic mass is 32.2. The molecule has 0 radical (unpaired) electrons. The van der Waals surface area contributed by atoms with Gasteiger partial charge in [0.2, 0.25) is 21.9 Å². The minimum atomic E-state index is -3.13. The molecule has 0 aromatic carbocycles. The molecule has 0 unspecified atom stereocenters. The van der Waals surface area contributed by atoms with E-state index in [0.29, 0.717) is 37.8 Å². The predicted octanol–water partition coefficient (Wildman–Crippen LogP) is 1.78. The van der Waals surface area contributed by atoms with Crippen molar-refractivity contribution in [2.24, 2.45) is 5.92 Å². The Labute approximate surface area is 166 Å². The largest absolute Gasteiger partial charge is 0.351 e. The fourth-order valence-corrected chi connectivity index (χ4v) is 5.57. The van der Waals surface area contributed by atoms with Gasteiger partial charge < -0.3 is 5.32 Å². The highest BCUT2D eigenvalue weighted by Gasteiger charge is 2.37. The van der Waals surface area contributed by atoms with Gasteiger partial charge in [-0.15, -0.1) is 0 Å². The Morgan fingerprint density at radius 3 is 2.54 bits per heavy atom. The van der Waals surface area contributed by atoms with Crippen LogP contribution in [-0.2, 0) is 21.2 Å². The van der Waals surface area contributed by atoms with Crippen molar-refractivity contribution in [1.29, 1.82) is 0 Å². The molecule has 0 bridgehead atoms. The maximum atomic E-state index is 12.7. The predicted molar refractivity (Wildman–Crippen MR) is 108 cm³/mol. The van der Waals surface area contributed by atoms with Gasteiger partial charge in [-0.25, -0.2) is 17.7 Å². The van der Waals surface area contributed by atoms with Crippen LogP contribution >= 0.6 is 0 Å². The number of amides is 1. The quantitative estimate of drug-likeness (QED) is 0.817. The Bertz CT molecular complexity index is 851. The molecule has 3 heterocycles. The van der Waals surface area contributed by atoms with Gasteiger partial charge in [0.15, 0.2) is 0 Å². The van der Waals surface area contributed by atoms with Gasteiger partial charge in [-0.1, -0.05) is 13.3 Å². The molecule has 4 rings (SSSR count). The van der Waals surface area contributed by atoms with Gasteiger partial charge in [0.1, 0.15) is 5.82 Å². The summed E-state index contributed by atoms with van der Waals surface area (Å²) in [5, 5.41) is 3.36. The van der Waals surface area contributed by atoms with Gasteiger partial charge >= 0.3 is 0 Å². The molecule has 2 atom stereocenters. The van der Waals surface area contributed by atoms with Crippen LogP contribution in [0.3, 0.4) is 0 Å². The molecule has 1 saturated heterocycles. The highest BCUT2D eigenvalue weighted by molar-refractivity contribution is 7.88. The van der Waals surface area contributed by atoms with Crippen molar-refractivity contribution in [2.75, 3.05) is 29.6 Å². The lowest BCUT2D eigenvalue weighted by Gasteiger charge is -2.35. The molecular weight excluding hydrogens is 378 g/mol. The van der Waals surface area contributed by atoms with Crippen LogP contribution in [0.25, 0.3) is 0 Å². The normalized spacial score (nSPS) is 27.1. The van der Waals surface area contributed by atoms with Crippen molar-refractivity contribution in [1.82, 2.24) is 14.3 Å². The first-order valence-electron chi connectivity index (χ1n) is 10.2. The van der Waals surface area contributed by atoms with Crippen LogP contribution in [0.5, 0.6) is 0 Å². The lowest BCUT2D eigenvalue weighted by atomic mass is 9.99. The Morgan fingerprint density at radius 2 is 1.89 bits per heavy atom. The van der Waals surface area contributed by atoms with Crippen LogP contribution < -0.4 is 10.2 Å². The number of rotatable bonds is 4. The van der Waals surface area contributed by atoms with Crippen LogP contribution in [0.1, 0.15) is 51.0 Å². The average Bonchev–Trinajstić information content (AvgIpc) is 3.07. The van der Waals surface area contributed by atoms with Crippen molar-refractivity contribution in [3.05, 3.63) is 11.8 Å². The summed E-state index contributed by atoms with van der Waals surface area (Å²) in [5.74, 6) is 1.95. The molecule has 2 aliphatic heterocycles. The first-order valence-corrected chi connectivity index (χ1v) is 12.1. The molecule has 1 aromatic rings. The number of aryl methyl sites for hydroxylation is 1. The maximum Gasteiger partial charge on any atom is 0.228 e. The number of piperidine rings is 1. The van der Waals surface area contributed by atoms with E-state index in [9.17, 15) is 13.2 Å². The third-order valence-corrected chi connectivity index (χ3v) is 7.65. The number of fused-ring (bicyclic) bond motifs is 1. The second-order valence-corrected chi connectivity index (χ2v) is 10.3. The first-order chi connectivity index (χ1) is 13.3. The van der Waals surface area contributed by atoms with E-state index in [1.807, 2.05) is 11.1 Å². The Hall–Kier alpha value is -1.74. The van der Waals surface area contributed by atoms with Gasteiger partial charge in [0, 0.05) is 43.4 Å². The van der Waals surface area contributed by atoms with Gasteiger partial charge in [-0.05, 0) is 38.0 Å². The van der Waals surface area contributed by atoms with Crippen molar-refractivity contribution in [3.63, 3.8) is 0 Å². The minimum Gasteiger partial charge on any atom is -0.351 e. The summed E-state index contributed by atoms with van der Waals surface area (Å²) in [7, 11) is -3.13. The SMILES string of the molecule is C[C@H]1CCC[C@H]1N1C(=O)CCc2cnc(NC3CCN(S(C)(=O)=O)CC3)nc21. The molecule has 1 saturated carbocycles. The molecule has 1 amide bonds. The zero-order valence-corrected chi connectivity index (χ0v) is 17.4. The number of hydrogen-bond donors (Lipinski definition) is 1. The summed E-state index contributed by atoms with van der Waals surface area (Å²) >= 11 is 0. The van der Waals surface area contributed by atoms with Crippen molar-refractivity contribution < 1.29 is 13.2 Å². The zero-order valence-electron chi connectivity index (χ0n) is 16.6. The van der Waals surface area contributed by atoms with Crippen LogP contribution in [0, 0.1) is 5.92 Å². The summed E-state index contributed by atoms with van der Waals surface area (Å²) in [4.78, 5) is 23.8. The molecule has 0 spiro atoms. The summed E-state index contributed by atoms with van der Waals surface area (Å²) in [6.07, 6.45) is 9.08. The monoisotopic (exact) mass is 407 g/mol. The van der Waals surface area contributed by atoms with E-state index >= 15 is 0 Å². The lowest BCUT2D eigenvalue weighted by Crippen LogP contribution is -2.45. The molecule has 1 N–H and O–H groups in total. The minimum absolute atomic E-state index is 0.134. The number of nitrogens with zero attached hydrogens (tertiary/aromatic N) is 4. The van der Waals surface area contributed by atoms with Gasteiger partial charge in [-0.3, -0.25) is 9.69 Å². The van der Waals surface area contributed by atoms with Crippen molar-refractivity contribution in [3.8, 4) is 0 Å². The van der Waals surface area contributed by atoms with E-state index in [0.717, 1.165) is 43.5 Å². The fraction of sp³-hybridized carbons (Fsp3) is 0.737. The molecular formula is C19H29N5O3S. The molecule has 28 heavy (non-hydrogen) atoms. The molecule has 9 heteroatoms. The molecule has 154 valence electrons. The number of anilines is 2. The maximum absolute atomic E-state index is 12.7. The first kappa shape index (κ1) is 19.6. The number of nitrogens with one attached hydrogen (secondary N) is 1. The topological polar surface area (TPSA) is 95.5 Å². The number of carbonyl (C=O) groups excluding carboxylic acids is 1. The lowest BCUT2D eigenvalue weighted by molar-refractivity contribution is -0.119. The summed E-state index contributed by atoms with van der Waals surface area (Å²) in [6.45, 7) is 3.23. The number of hydrogen-bond acceptors (Lipinski definition) is 6. The molecule has 1 aliphatic carbocycles. The van der Waals surface area contributed by atoms with E-state index in [1.54, 1.807) is 0 Å². The van der Waals surface area contributed by atoms with E-state index in [2.05, 4.69) is 17.2 Å². The van der Waals surface area contributed by atoms with E-state index < -0.39 is 10.0 Å². The van der Waals surface area contributed by atoms with E-state index in [1.165, 1.54) is 10.6 Å². The summed E-state index contributed by atoms with van der Waals surface area (Å²) in [5.41, 5.74) is 1.04. The van der Waals surface area contributed by atoms with Crippen molar-refractivity contribution >= 4 is 27.7 Å². The standard InChI is InChI=1S/C19H29N5O3S/c1-13-4-3-5-16(13)24-17(25)7-6-14-12-20-19(22-18(14)24)21-15-8-10-23(11-9-15)28(2,26)27/h12-13,15-16H,3-11H2,1-2H3,(H,20,21,22)/t13-,16+/m0/s1. The number of sulfonamides is 1. The number of aromatic nitrogens is 2. The average molecular weight is 408 g/mol. The Balaban J connectivity index is 1.50. The second-order valence-electron chi connectivity index (χ2n) is 8.36. The smallest absolute Gasteiger partial charge is 0.228 e. The van der Waals surface area contributed by atoms with Crippen LogP contribution in [0.15, 0.2) is 6.20 Å². The zero-order chi connectivity index (χ0) is 19.9. The fourth-order valence-electron chi connectivity index (χ4n) is 4.70. The van der Waals surface area contributed by atoms with Gasteiger partial charge in [0.05, 0.1) is 6.26 Å². The molecule has 2 fully saturated rings. The second kappa shape index (κ2) is 7.59. The van der Waals surface area contributed by atoms with Crippen molar-refractivity contribution in [2.45, 2.75) is 64.0 Å². The van der Waals surface area contributed by atoms with E-state index in [-0.39, 0.29) is 18.0 Å². The van der Waals surface area contributed by atoms with E-state index in [4.69, 9.17) is 4.98 Å². The third-order valence-electron chi connectivity index (χ3n) is 6.35. The summed E-state index contributed by atoms with van der Waals surface area (Å²) in [6, 6.07) is 0.362. The number of carbonyl (C=O) groups is 1. The van der Waals surface area contributed by atoms with Crippen LogP contribution in [0.2, 0.25) is 0 Å². The molecule has 8 nitrogen and oxygen atoms in total. The van der Waals surface area contributed by atoms with Gasteiger partial charge in [-0.2, -0.15) is 4.98 Å². The molecule has 1 aromatic heterocycles. The third kappa shape index (κ3) is 3.87. The van der Waals surface area contributed by atoms with Gasteiger partial charge in [0.25, 0.3) is 0 Å².